The molecule has 2 atom stereocenters. The number of halogens is 1. The summed E-state index contributed by atoms with van der Waals surface area (Å²) in [6, 6.07) is 2.31. The summed E-state index contributed by atoms with van der Waals surface area (Å²) in [5, 5.41) is 12.4. The lowest BCUT2D eigenvalue weighted by Crippen LogP contribution is -2.30. The zero-order valence-electron chi connectivity index (χ0n) is 13.0. The second-order valence-corrected chi connectivity index (χ2v) is 7.26. The number of rotatable bonds is 2. The van der Waals surface area contributed by atoms with Crippen molar-refractivity contribution in [2.75, 3.05) is 17.9 Å². The zero-order valence-corrected chi connectivity index (χ0v) is 13.9. The molecule has 1 aromatic rings. The van der Waals surface area contributed by atoms with E-state index in [1.54, 1.807) is 4.72 Å². The molecule has 3 N–H and O–H groups in total. The second-order valence-electron chi connectivity index (χ2n) is 5.66. The Balaban J connectivity index is 1.92. The summed E-state index contributed by atoms with van der Waals surface area (Å²) in [7, 11) is -2.74. The SMILES string of the molecule is CNC(=O)[C@@H]1C[C@H]1C#Cc1ccc(O)c(N2CC(=O)NS2(=O)=O)c1F. The average molecular weight is 367 g/mol. The summed E-state index contributed by atoms with van der Waals surface area (Å²) in [5.74, 6) is 2.25. The molecule has 1 aliphatic carbocycles. The number of carbonyl (C=O) groups excluding carboxylic acids is 2. The van der Waals surface area contributed by atoms with E-state index in [2.05, 4.69) is 17.2 Å². The van der Waals surface area contributed by atoms with Crippen molar-refractivity contribution in [3.63, 3.8) is 0 Å². The van der Waals surface area contributed by atoms with E-state index >= 15 is 0 Å². The molecule has 0 spiro atoms. The van der Waals surface area contributed by atoms with Crippen molar-refractivity contribution < 1.29 is 27.5 Å². The molecule has 0 aromatic heterocycles. The normalized spacial score (nSPS) is 23.4. The standard InChI is InChI=1S/C15H14FN3O5S/c1-17-15(22)10-6-9(10)3-2-8-4-5-11(20)14(13(8)16)19-7-12(21)18-25(19,23)24/h4-5,9-10,20H,6-7H2,1H3,(H,17,22)(H,18,21)/t9-,10-/m1/s1. The lowest BCUT2D eigenvalue weighted by atomic mass is 10.1. The molecule has 1 aromatic carbocycles. The molecule has 1 saturated carbocycles. The lowest BCUT2D eigenvalue weighted by molar-refractivity contribution is -0.122. The number of anilines is 1. The van der Waals surface area contributed by atoms with Gasteiger partial charge < -0.3 is 10.4 Å². The van der Waals surface area contributed by atoms with Crippen LogP contribution in [-0.2, 0) is 19.8 Å². The summed E-state index contributed by atoms with van der Waals surface area (Å²) in [6.45, 7) is -0.634. The number of carbonyl (C=O) groups is 2. The minimum Gasteiger partial charge on any atom is -0.506 e. The Morgan fingerprint density at radius 2 is 2.20 bits per heavy atom. The summed E-state index contributed by atoms with van der Waals surface area (Å²) in [4.78, 5) is 22.7. The molecule has 2 amide bonds. The van der Waals surface area contributed by atoms with Gasteiger partial charge in [0.15, 0.2) is 5.82 Å². The Morgan fingerprint density at radius 3 is 2.80 bits per heavy atom. The first-order valence-electron chi connectivity index (χ1n) is 7.32. The van der Waals surface area contributed by atoms with E-state index in [1.807, 2.05) is 0 Å². The number of nitrogens with one attached hydrogen (secondary N) is 2. The molecule has 2 aliphatic rings. The van der Waals surface area contributed by atoms with Crippen molar-refractivity contribution in [1.29, 1.82) is 0 Å². The summed E-state index contributed by atoms with van der Waals surface area (Å²) in [5.41, 5.74) is -0.770. The molecule has 132 valence electrons. The number of hydrogen-bond acceptors (Lipinski definition) is 5. The summed E-state index contributed by atoms with van der Waals surface area (Å²) >= 11 is 0. The maximum absolute atomic E-state index is 14.7. The number of hydrogen-bond donors (Lipinski definition) is 3. The van der Waals surface area contributed by atoms with Gasteiger partial charge in [-0.2, -0.15) is 8.42 Å². The van der Waals surface area contributed by atoms with Gasteiger partial charge in [-0.05, 0) is 18.6 Å². The fraction of sp³-hybridized carbons (Fsp3) is 0.333. The van der Waals surface area contributed by atoms with E-state index in [1.165, 1.54) is 13.1 Å². The van der Waals surface area contributed by atoms with Gasteiger partial charge in [-0.1, -0.05) is 11.8 Å². The van der Waals surface area contributed by atoms with E-state index in [9.17, 15) is 27.5 Å². The Labute approximate surface area is 143 Å². The monoisotopic (exact) mass is 367 g/mol. The number of aromatic hydroxyl groups is 1. The zero-order chi connectivity index (χ0) is 18.4. The third-order valence-electron chi connectivity index (χ3n) is 3.93. The van der Waals surface area contributed by atoms with Crippen LogP contribution in [0.5, 0.6) is 5.75 Å². The Bertz CT molecular complexity index is 934. The highest BCUT2D eigenvalue weighted by atomic mass is 32.2. The first-order valence-corrected chi connectivity index (χ1v) is 8.76. The number of benzene rings is 1. The highest BCUT2D eigenvalue weighted by Gasteiger charge is 2.41. The van der Waals surface area contributed by atoms with Crippen LogP contribution in [0.3, 0.4) is 0 Å². The Kier molecular flexibility index (Phi) is 4.04. The lowest BCUT2D eigenvalue weighted by Gasteiger charge is -2.17. The van der Waals surface area contributed by atoms with E-state index in [0.717, 1.165) is 6.07 Å². The van der Waals surface area contributed by atoms with Gasteiger partial charge in [0.25, 0.3) is 5.91 Å². The van der Waals surface area contributed by atoms with Crippen LogP contribution in [0.1, 0.15) is 12.0 Å². The van der Waals surface area contributed by atoms with Gasteiger partial charge in [-0.3, -0.25) is 9.59 Å². The molecule has 8 nitrogen and oxygen atoms in total. The van der Waals surface area contributed by atoms with Gasteiger partial charge in [0, 0.05) is 13.0 Å². The molecule has 1 saturated heterocycles. The predicted octanol–water partition coefficient (Wildman–Crippen LogP) is -0.554. The topological polar surface area (TPSA) is 116 Å². The minimum atomic E-state index is -4.26. The van der Waals surface area contributed by atoms with Gasteiger partial charge in [0.2, 0.25) is 5.91 Å². The number of amides is 2. The third kappa shape index (κ3) is 3.10. The quantitative estimate of drug-likeness (QED) is 0.607. The molecular weight excluding hydrogens is 353 g/mol. The number of nitrogens with zero attached hydrogens (tertiary/aromatic N) is 1. The van der Waals surface area contributed by atoms with Crippen LogP contribution in [-0.4, -0.2) is 38.9 Å². The van der Waals surface area contributed by atoms with Crippen LogP contribution in [0.25, 0.3) is 0 Å². The third-order valence-corrected chi connectivity index (χ3v) is 5.31. The fourth-order valence-electron chi connectivity index (χ4n) is 2.53. The molecular formula is C15H14FN3O5S. The predicted molar refractivity (Wildman–Crippen MR) is 85.0 cm³/mol. The van der Waals surface area contributed by atoms with Crippen molar-refractivity contribution in [3.05, 3.63) is 23.5 Å². The van der Waals surface area contributed by atoms with Crippen LogP contribution in [0.4, 0.5) is 10.1 Å². The summed E-state index contributed by atoms with van der Waals surface area (Å²) in [6.07, 6.45) is 0.568. The molecule has 0 unspecified atom stereocenters. The van der Waals surface area contributed by atoms with Gasteiger partial charge in [-0.15, -0.1) is 0 Å². The fourth-order valence-corrected chi connectivity index (χ4v) is 3.70. The van der Waals surface area contributed by atoms with Crippen molar-refractivity contribution >= 4 is 27.7 Å². The van der Waals surface area contributed by atoms with E-state index < -0.39 is 39.9 Å². The molecule has 1 heterocycles. The van der Waals surface area contributed by atoms with E-state index in [0.29, 0.717) is 10.7 Å². The van der Waals surface area contributed by atoms with Crippen LogP contribution in [0.2, 0.25) is 0 Å². The molecule has 2 fully saturated rings. The Morgan fingerprint density at radius 1 is 1.48 bits per heavy atom. The summed E-state index contributed by atoms with van der Waals surface area (Å²) < 4.78 is 40.5. The first kappa shape index (κ1) is 17.0. The minimum absolute atomic E-state index is 0.134. The molecule has 3 rings (SSSR count). The van der Waals surface area contributed by atoms with Crippen molar-refractivity contribution in [2.45, 2.75) is 6.42 Å². The molecule has 10 heteroatoms. The molecule has 0 radical (unpaired) electrons. The Hall–Kier alpha value is -2.80. The smallest absolute Gasteiger partial charge is 0.326 e. The van der Waals surface area contributed by atoms with Gasteiger partial charge in [0.05, 0.1) is 11.5 Å². The van der Waals surface area contributed by atoms with Crippen molar-refractivity contribution in [1.82, 2.24) is 10.0 Å². The first-order chi connectivity index (χ1) is 11.7. The maximum atomic E-state index is 14.7. The highest BCUT2D eigenvalue weighted by Crippen LogP contribution is 2.38. The van der Waals surface area contributed by atoms with Crippen LogP contribution >= 0.6 is 0 Å². The van der Waals surface area contributed by atoms with E-state index in [-0.39, 0.29) is 23.3 Å². The maximum Gasteiger partial charge on any atom is 0.326 e. The van der Waals surface area contributed by atoms with Crippen LogP contribution in [0.15, 0.2) is 12.1 Å². The second kappa shape index (κ2) is 5.93. The molecule has 25 heavy (non-hydrogen) atoms. The molecule has 1 aliphatic heterocycles. The average Bonchev–Trinajstić information content (AvgIpc) is 3.26. The van der Waals surface area contributed by atoms with Crippen LogP contribution in [0, 0.1) is 29.5 Å². The highest BCUT2D eigenvalue weighted by molar-refractivity contribution is 7.92. The van der Waals surface area contributed by atoms with Crippen molar-refractivity contribution in [3.8, 4) is 17.6 Å². The van der Waals surface area contributed by atoms with Gasteiger partial charge >= 0.3 is 10.2 Å². The van der Waals surface area contributed by atoms with Crippen LogP contribution < -0.4 is 14.3 Å². The van der Waals surface area contributed by atoms with E-state index in [4.69, 9.17) is 0 Å². The largest absolute Gasteiger partial charge is 0.506 e. The van der Waals surface area contributed by atoms with Crippen molar-refractivity contribution in [2.24, 2.45) is 11.8 Å². The molecule has 0 bridgehead atoms. The van der Waals surface area contributed by atoms with Gasteiger partial charge in [0.1, 0.15) is 18.0 Å². The van der Waals surface area contributed by atoms with Gasteiger partial charge in [-0.25, -0.2) is 13.4 Å². The number of phenolic OH excluding ortho intramolecular Hbond substituents is 1. The number of phenols is 1.